The zero-order chi connectivity index (χ0) is 22.1. The van der Waals surface area contributed by atoms with Gasteiger partial charge in [0.15, 0.2) is 0 Å². The van der Waals surface area contributed by atoms with Gasteiger partial charge in [-0.15, -0.1) is 0 Å². The van der Waals surface area contributed by atoms with Crippen LogP contribution in [-0.2, 0) is 11.3 Å². The molecule has 3 aromatic carbocycles. The number of methoxy groups -OCH3 is 1. The van der Waals surface area contributed by atoms with Gasteiger partial charge < -0.3 is 9.30 Å². The van der Waals surface area contributed by atoms with Crippen LogP contribution < -0.4 is 4.74 Å². The number of rotatable bonds is 6. The van der Waals surface area contributed by atoms with Crippen molar-refractivity contribution in [3.05, 3.63) is 101 Å². The molecule has 2 heterocycles. The maximum atomic E-state index is 11.9. The zero-order valence-electron chi connectivity index (χ0n) is 17.6. The number of carbonyl (C=O) groups excluding carboxylic acids is 1. The molecule has 32 heavy (non-hydrogen) atoms. The number of hydrogen-bond acceptors (Lipinski definition) is 3. The van der Waals surface area contributed by atoms with Gasteiger partial charge in [-0.3, -0.25) is 4.79 Å². The summed E-state index contributed by atoms with van der Waals surface area (Å²) in [6.07, 6.45) is 3.61. The number of hydrogen-bond donors (Lipinski definition) is 0. The van der Waals surface area contributed by atoms with Crippen LogP contribution in [0.4, 0.5) is 0 Å². The first kappa shape index (κ1) is 20.3. The number of aromatic nitrogens is 1. The maximum Gasteiger partial charge on any atom is 0.230 e. The largest absolute Gasteiger partial charge is 0.497 e. The lowest BCUT2D eigenvalue weighted by atomic mass is 9.98. The van der Waals surface area contributed by atoms with Crippen molar-refractivity contribution in [2.24, 2.45) is 5.10 Å². The summed E-state index contributed by atoms with van der Waals surface area (Å²) in [6, 6.07) is 23.8. The van der Waals surface area contributed by atoms with E-state index in [-0.39, 0.29) is 6.04 Å². The number of carbonyl (C=O) groups is 1. The fourth-order valence-electron chi connectivity index (χ4n) is 4.29. The second-order valence-corrected chi connectivity index (χ2v) is 8.27. The minimum Gasteiger partial charge on any atom is -0.497 e. The first-order valence-electron chi connectivity index (χ1n) is 10.4. The Kier molecular flexibility index (Phi) is 5.41. The highest BCUT2D eigenvalue weighted by Crippen LogP contribution is 2.37. The summed E-state index contributed by atoms with van der Waals surface area (Å²) >= 11 is 6.05. The van der Waals surface area contributed by atoms with E-state index < -0.39 is 0 Å². The lowest BCUT2D eigenvalue weighted by Gasteiger charge is -2.16. The summed E-state index contributed by atoms with van der Waals surface area (Å²) in [7, 11) is 1.64. The number of benzene rings is 3. The van der Waals surface area contributed by atoms with E-state index in [0.717, 1.165) is 57.0 Å². The molecule has 0 bridgehead atoms. The third kappa shape index (κ3) is 3.76. The number of para-hydroxylation sites is 1. The van der Waals surface area contributed by atoms with Gasteiger partial charge in [-0.2, -0.15) is 5.10 Å². The number of amides is 1. The van der Waals surface area contributed by atoms with Crippen molar-refractivity contribution in [1.82, 2.24) is 9.58 Å². The van der Waals surface area contributed by atoms with Crippen molar-refractivity contribution >= 4 is 34.6 Å². The van der Waals surface area contributed by atoms with E-state index in [1.165, 1.54) is 5.01 Å². The molecule has 1 amide bonds. The molecule has 5 nitrogen and oxygen atoms in total. The number of hydrazone groups is 1. The normalized spacial score (nSPS) is 15.8. The third-order valence-corrected chi connectivity index (χ3v) is 6.17. The van der Waals surface area contributed by atoms with E-state index in [1.807, 2.05) is 60.7 Å². The van der Waals surface area contributed by atoms with E-state index in [2.05, 4.69) is 28.0 Å². The van der Waals surface area contributed by atoms with Gasteiger partial charge in [0.1, 0.15) is 5.75 Å². The monoisotopic (exact) mass is 443 g/mol. The molecule has 0 radical (unpaired) electrons. The van der Waals surface area contributed by atoms with E-state index in [4.69, 9.17) is 16.3 Å². The molecular weight excluding hydrogens is 422 g/mol. The quantitative estimate of drug-likeness (QED) is 0.361. The standard InChI is InChI=1S/C26H22ClN3O2/c1-32-21-12-8-19(9-13-21)24-14-26(30(17-31)28-24)23-16-29(25-5-3-2-4-22(23)25)15-18-6-10-20(27)11-7-18/h2-13,16-17,26H,14-15H2,1H3. The average molecular weight is 444 g/mol. The highest BCUT2D eigenvalue weighted by Gasteiger charge is 2.31. The molecule has 0 spiro atoms. The van der Waals surface area contributed by atoms with Crippen molar-refractivity contribution in [3.63, 3.8) is 0 Å². The fraction of sp³-hybridized carbons (Fsp3) is 0.154. The fourth-order valence-corrected chi connectivity index (χ4v) is 4.42. The Labute approximate surface area is 191 Å². The Morgan fingerprint density at radius 3 is 2.53 bits per heavy atom. The number of nitrogens with zero attached hydrogens (tertiary/aromatic N) is 3. The highest BCUT2D eigenvalue weighted by molar-refractivity contribution is 6.30. The van der Waals surface area contributed by atoms with Gasteiger partial charge in [-0.1, -0.05) is 41.9 Å². The van der Waals surface area contributed by atoms with E-state index in [0.29, 0.717) is 6.42 Å². The minimum absolute atomic E-state index is 0.152. The SMILES string of the molecule is COc1ccc(C2=NN(C=O)C(c3cn(Cc4ccc(Cl)cc4)c4ccccc34)C2)cc1. The molecule has 0 fully saturated rings. The van der Waals surface area contributed by atoms with Crippen LogP contribution in [-0.4, -0.2) is 28.8 Å². The third-order valence-electron chi connectivity index (χ3n) is 5.92. The first-order chi connectivity index (χ1) is 15.7. The van der Waals surface area contributed by atoms with Crippen LogP contribution in [0.25, 0.3) is 10.9 Å². The second-order valence-electron chi connectivity index (χ2n) is 7.84. The predicted octanol–water partition coefficient (Wildman–Crippen LogP) is 5.66. The summed E-state index contributed by atoms with van der Waals surface area (Å²) < 4.78 is 7.48. The van der Waals surface area contributed by atoms with Crippen molar-refractivity contribution in [2.45, 2.75) is 19.0 Å². The van der Waals surface area contributed by atoms with Crippen LogP contribution in [0.1, 0.15) is 29.2 Å². The Morgan fingerprint density at radius 2 is 1.81 bits per heavy atom. The Bertz CT molecular complexity index is 1290. The molecule has 1 aromatic heterocycles. The van der Waals surface area contributed by atoms with Crippen LogP contribution in [0.15, 0.2) is 84.1 Å². The molecule has 1 unspecified atom stereocenters. The molecule has 6 heteroatoms. The Balaban J connectivity index is 1.50. The predicted molar refractivity (Wildman–Crippen MR) is 127 cm³/mol. The lowest BCUT2D eigenvalue weighted by Crippen LogP contribution is -2.17. The van der Waals surface area contributed by atoms with Gasteiger partial charge in [0.2, 0.25) is 6.41 Å². The van der Waals surface area contributed by atoms with E-state index in [1.54, 1.807) is 7.11 Å². The molecular formula is C26H22ClN3O2. The van der Waals surface area contributed by atoms with E-state index in [9.17, 15) is 4.79 Å². The van der Waals surface area contributed by atoms with Crippen LogP contribution in [0.2, 0.25) is 5.02 Å². The number of ether oxygens (including phenoxy) is 1. The zero-order valence-corrected chi connectivity index (χ0v) is 18.4. The molecule has 0 saturated heterocycles. The van der Waals surface area contributed by atoms with Gasteiger partial charge in [0.25, 0.3) is 0 Å². The molecule has 1 aliphatic heterocycles. The highest BCUT2D eigenvalue weighted by atomic mass is 35.5. The molecule has 5 rings (SSSR count). The second kappa shape index (κ2) is 8.52. The summed E-state index contributed by atoms with van der Waals surface area (Å²) in [6.45, 7) is 0.720. The van der Waals surface area contributed by atoms with Crippen LogP contribution in [0.3, 0.4) is 0 Å². The van der Waals surface area contributed by atoms with Gasteiger partial charge in [0, 0.05) is 40.7 Å². The summed E-state index contributed by atoms with van der Waals surface area (Å²) in [4.78, 5) is 11.9. The first-order valence-corrected chi connectivity index (χ1v) is 10.8. The molecule has 1 atom stereocenters. The van der Waals surface area contributed by atoms with Crippen molar-refractivity contribution in [3.8, 4) is 5.75 Å². The Hall–Kier alpha value is -3.57. The summed E-state index contributed by atoms with van der Waals surface area (Å²) in [5.74, 6) is 0.793. The Morgan fingerprint density at radius 1 is 1.06 bits per heavy atom. The molecule has 0 N–H and O–H groups in total. The van der Waals surface area contributed by atoms with E-state index >= 15 is 0 Å². The van der Waals surface area contributed by atoms with Gasteiger partial charge >= 0.3 is 0 Å². The van der Waals surface area contributed by atoms with Crippen LogP contribution >= 0.6 is 11.6 Å². The van der Waals surface area contributed by atoms with Crippen molar-refractivity contribution in [1.29, 1.82) is 0 Å². The maximum absolute atomic E-state index is 11.9. The summed E-state index contributed by atoms with van der Waals surface area (Å²) in [5, 5.41) is 8.01. The van der Waals surface area contributed by atoms with Crippen molar-refractivity contribution in [2.75, 3.05) is 7.11 Å². The smallest absolute Gasteiger partial charge is 0.230 e. The van der Waals surface area contributed by atoms with Crippen molar-refractivity contribution < 1.29 is 9.53 Å². The summed E-state index contributed by atoms with van der Waals surface area (Å²) in [5.41, 5.74) is 5.26. The number of fused-ring (bicyclic) bond motifs is 1. The molecule has 4 aromatic rings. The number of halogens is 1. The molecule has 0 saturated carbocycles. The van der Waals surface area contributed by atoms with Gasteiger partial charge in [-0.25, -0.2) is 5.01 Å². The van der Waals surface area contributed by atoms with Gasteiger partial charge in [-0.05, 0) is 53.6 Å². The van der Waals surface area contributed by atoms with Crippen LogP contribution in [0, 0.1) is 0 Å². The lowest BCUT2D eigenvalue weighted by molar-refractivity contribution is -0.119. The molecule has 0 aliphatic carbocycles. The minimum atomic E-state index is -0.152. The van der Waals surface area contributed by atoms with Gasteiger partial charge in [0.05, 0.1) is 18.9 Å². The van der Waals surface area contributed by atoms with Crippen LogP contribution in [0.5, 0.6) is 5.75 Å². The molecule has 160 valence electrons. The topological polar surface area (TPSA) is 46.8 Å². The average Bonchev–Trinajstić information content (AvgIpc) is 3.42. The molecule has 1 aliphatic rings.